The summed E-state index contributed by atoms with van der Waals surface area (Å²) in [5, 5.41) is 3.34. The minimum Gasteiger partial charge on any atom is -0.495 e. The van der Waals surface area contributed by atoms with Gasteiger partial charge in [-0.2, -0.15) is 0 Å². The number of rotatable bonds is 7. The zero-order valence-electron chi connectivity index (χ0n) is 11.5. The molecule has 0 spiro atoms. The van der Waals surface area contributed by atoms with Crippen LogP contribution >= 0.6 is 23.4 Å². The van der Waals surface area contributed by atoms with Crippen LogP contribution in [-0.2, 0) is 4.79 Å². The fraction of sp³-hybridized carbons (Fsp3) is 0.500. The Kier molecular flexibility index (Phi) is 7.10. The van der Waals surface area contributed by atoms with Crippen LogP contribution in [0.15, 0.2) is 18.2 Å². The SMILES string of the molecule is CCCCSC(C)C(=O)Nc1cc(Cl)ccc1OC. The maximum absolute atomic E-state index is 12.1. The third-order valence-electron chi connectivity index (χ3n) is 2.65. The van der Waals surface area contributed by atoms with Crippen LogP contribution in [0.2, 0.25) is 5.02 Å². The first-order valence-electron chi connectivity index (χ1n) is 6.34. The zero-order chi connectivity index (χ0) is 14.3. The van der Waals surface area contributed by atoms with Crippen molar-refractivity contribution in [3.63, 3.8) is 0 Å². The van der Waals surface area contributed by atoms with Gasteiger partial charge in [0, 0.05) is 5.02 Å². The normalized spacial score (nSPS) is 12.0. The van der Waals surface area contributed by atoms with Crippen molar-refractivity contribution in [1.82, 2.24) is 0 Å². The topological polar surface area (TPSA) is 38.3 Å². The third-order valence-corrected chi connectivity index (χ3v) is 4.13. The van der Waals surface area contributed by atoms with E-state index in [4.69, 9.17) is 16.3 Å². The number of anilines is 1. The van der Waals surface area contributed by atoms with Crippen LogP contribution in [0.4, 0.5) is 5.69 Å². The lowest BCUT2D eigenvalue weighted by Crippen LogP contribution is -2.23. The summed E-state index contributed by atoms with van der Waals surface area (Å²) in [7, 11) is 1.57. The average Bonchev–Trinajstić information content (AvgIpc) is 2.39. The van der Waals surface area contributed by atoms with Crippen molar-refractivity contribution < 1.29 is 9.53 Å². The molecule has 5 heteroatoms. The van der Waals surface area contributed by atoms with Crippen molar-refractivity contribution in [1.29, 1.82) is 0 Å². The number of hydrogen-bond acceptors (Lipinski definition) is 3. The van der Waals surface area contributed by atoms with Gasteiger partial charge in [-0.1, -0.05) is 24.9 Å². The number of ether oxygens (including phenoxy) is 1. The van der Waals surface area contributed by atoms with E-state index in [2.05, 4.69) is 12.2 Å². The van der Waals surface area contributed by atoms with Crippen molar-refractivity contribution in [2.24, 2.45) is 0 Å². The van der Waals surface area contributed by atoms with Gasteiger partial charge in [0.15, 0.2) is 0 Å². The first-order valence-corrected chi connectivity index (χ1v) is 7.77. The summed E-state index contributed by atoms with van der Waals surface area (Å²) in [6, 6.07) is 5.17. The smallest absolute Gasteiger partial charge is 0.237 e. The first kappa shape index (κ1) is 16.2. The molecule has 0 radical (unpaired) electrons. The standard InChI is InChI=1S/C14H20ClNO2S/c1-4-5-8-19-10(2)14(17)16-12-9-11(15)6-7-13(12)18-3/h6-7,9-10H,4-5,8H2,1-3H3,(H,16,17). The highest BCUT2D eigenvalue weighted by molar-refractivity contribution is 8.00. The van der Waals surface area contributed by atoms with Gasteiger partial charge in [0.05, 0.1) is 18.0 Å². The van der Waals surface area contributed by atoms with Crippen LogP contribution in [0.25, 0.3) is 0 Å². The van der Waals surface area contributed by atoms with E-state index in [9.17, 15) is 4.79 Å². The Labute approximate surface area is 124 Å². The highest BCUT2D eigenvalue weighted by atomic mass is 35.5. The number of hydrogen-bond donors (Lipinski definition) is 1. The number of carbonyl (C=O) groups excluding carboxylic acids is 1. The predicted molar refractivity (Wildman–Crippen MR) is 83.5 cm³/mol. The second kappa shape index (κ2) is 8.33. The molecule has 1 aromatic rings. The lowest BCUT2D eigenvalue weighted by atomic mass is 10.3. The molecule has 0 heterocycles. The molecule has 0 aromatic heterocycles. The van der Waals surface area contributed by atoms with Crippen LogP contribution in [0.1, 0.15) is 26.7 Å². The monoisotopic (exact) mass is 301 g/mol. The van der Waals surface area contributed by atoms with Crippen LogP contribution < -0.4 is 10.1 Å². The number of halogens is 1. The van der Waals surface area contributed by atoms with Crippen molar-refractivity contribution >= 4 is 35.0 Å². The van der Waals surface area contributed by atoms with E-state index in [1.807, 2.05) is 6.92 Å². The molecule has 0 aliphatic carbocycles. The molecule has 1 atom stereocenters. The fourth-order valence-corrected chi connectivity index (χ4v) is 2.68. The summed E-state index contributed by atoms with van der Waals surface area (Å²) >= 11 is 7.59. The van der Waals surface area contributed by atoms with E-state index in [0.717, 1.165) is 18.6 Å². The van der Waals surface area contributed by atoms with Crippen LogP contribution in [0.3, 0.4) is 0 Å². The minimum atomic E-state index is -0.0877. The Balaban J connectivity index is 2.63. The molecule has 0 saturated heterocycles. The lowest BCUT2D eigenvalue weighted by Gasteiger charge is -2.14. The van der Waals surface area contributed by atoms with Gasteiger partial charge < -0.3 is 10.1 Å². The van der Waals surface area contributed by atoms with Gasteiger partial charge in [-0.3, -0.25) is 4.79 Å². The molecular formula is C14H20ClNO2S. The van der Waals surface area contributed by atoms with E-state index in [1.165, 1.54) is 0 Å². The molecular weight excluding hydrogens is 282 g/mol. The maximum atomic E-state index is 12.1. The average molecular weight is 302 g/mol. The van der Waals surface area contributed by atoms with Crippen molar-refractivity contribution in [3.8, 4) is 5.75 Å². The van der Waals surface area contributed by atoms with E-state index < -0.39 is 0 Å². The number of nitrogens with one attached hydrogen (secondary N) is 1. The molecule has 3 nitrogen and oxygen atoms in total. The second-order valence-electron chi connectivity index (χ2n) is 4.20. The van der Waals surface area contributed by atoms with Gasteiger partial charge in [-0.15, -0.1) is 11.8 Å². The number of carbonyl (C=O) groups is 1. The van der Waals surface area contributed by atoms with Crippen molar-refractivity contribution in [2.45, 2.75) is 31.9 Å². The number of unbranched alkanes of at least 4 members (excludes halogenated alkanes) is 1. The van der Waals surface area contributed by atoms with Crippen molar-refractivity contribution in [2.75, 3.05) is 18.2 Å². The largest absolute Gasteiger partial charge is 0.495 e. The first-order chi connectivity index (χ1) is 9.08. The number of benzene rings is 1. The van der Waals surface area contributed by atoms with Gasteiger partial charge in [-0.25, -0.2) is 0 Å². The molecule has 1 unspecified atom stereocenters. The van der Waals surface area contributed by atoms with E-state index >= 15 is 0 Å². The molecule has 0 aliphatic rings. The Morgan fingerprint density at radius 1 is 1.53 bits per heavy atom. The molecule has 106 valence electrons. The summed E-state index contributed by atoms with van der Waals surface area (Å²) in [5.41, 5.74) is 0.614. The number of thioether (sulfide) groups is 1. The van der Waals surface area contributed by atoms with Crippen molar-refractivity contribution in [3.05, 3.63) is 23.2 Å². The molecule has 1 amide bonds. The quantitative estimate of drug-likeness (QED) is 0.767. The van der Waals surface area contributed by atoms with Gasteiger partial charge in [0.1, 0.15) is 5.75 Å². The lowest BCUT2D eigenvalue weighted by molar-refractivity contribution is -0.115. The number of amides is 1. The fourth-order valence-electron chi connectivity index (χ4n) is 1.49. The van der Waals surface area contributed by atoms with Gasteiger partial charge in [0.2, 0.25) is 5.91 Å². The van der Waals surface area contributed by atoms with Gasteiger partial charge in [-0.05, 0) is 37.3 Å². The van der Waals surface area contributed by atoms with Crippen LogP contribution in [0, 0.1) is 0 Å². The maximum Gasteiger partial charge on any atom is 0.237 e. The summed E-state index contributed by atoms with van der Waals surface area (Å²) in [6.07, 6.45) is 2.27. The summed E-state index contributed by atoms with van der Waals surface area (Å²) in [5.74, 6) is 1.59. The summed E-state index contributed by atoms with van der Waals surface area (Å²) in [6.45, 7) is 4.05. The molecule has 0 fully saturated rings. The van der Waals surface area contributed by atoms with Gasteiger partial charge in [0.25, 0.3) is 0 Å². The molecule has 1 N–H and O–H groups in total. The molecule has 0 aliphatic heterocycles. The molecule has 0 bridgehead atoms. The van der Waals surface area contributed by atoms with Crippen LogP contribution in [0.5, 0.6) is 5.75 Å². The van der Waals surface area contributed by atoms with E-state index in [-0.39, 0.29) is 11.2 Å². The highest BCUT2D eigenvalue weighted by Gasteiger charge is 2.15. The minimum absolute atomic E-state index is 0.0262. The highest BCUT2D eigenvalue weighted by Crippen LogP contribution is 2.28. The Hall–Kier alpha value is -0.870. The summed E-state index contributed by atoms with van der Waals surface area (Å²) in [4.78, 5) is 12.1. The predicted octanol–water partition coefficient (Wildman–Crippen LogP) is 4.21. The Morgan fingerprint density at radius 3 is 2.89 bits per heavy atom. The zero-order valence-corrected chi connectivity index (χ0v) is 13.1. The summed E-state index contributed by atoms with van der Waals surface area (Å²) < 4.78 is 5.20. The third kappa shape index (κ3) is 5.33. The Morgan fingerprint density at radius 2 is 2.26 bits per heavy atom. The van der Waals surface area contributed by atoms with E-state index in [1.54, 1.807) is 37.1 Å². The van der Waals surface area contributed by atoms with Crippen LogP contribution in [-0.4, -0.2) is 24.0 Å². The molecule has 1 rings (SSSR count). The molecule has 19 heavy (non-hydrogen) atoms. The Bertz CT molecular complexity index is 426. The second-order valence-corrected chi connectivity index (χ2v) is 6.09. The molecule has 0 saturated carbocycles. The number of methoxy groups -OCH3 is 1. The van der Waals surface area contributed by atoms with Gasteiger partial charge >= 0.3 is 0 Å². The van der Waals surface area contributed by atoms with E-state index in [0.29, 0.717) is 16.5 Å². The molecule has 1 aromatic carbocycles.